The minimum Gasteiger partial charge on any atom is -0.495 e. The summed E-state index contributed by atoms with van der Waals surface area (Å²) in [4.78, 5) is 0. The molecule has 2 rings (SSSR count). The number of hydrogen-bond acceptors (Lipinski definition) is 2. The summed E-state index contributed by atoms with van der Waals surface area (Å²) in [5.74, 6) is 0.808. The molecule has 0 bridgehead atoms. The molecule has 1 heterocycles. The lowest BCUT2D eigenvalue weighted by atomic mass is 10.0. The first-order valence-corrected chi connectivity index (χ1v) is 5.68. The van der Waals surface area contributed by atoms with Gasteiger partial charge in [-0.2, -0.15) is 0 Å². The largest absolute Gasteiger partial charge is 0.495 e. The number of ether oxygens (including phenoxy) is 1. The molecule has 1 N–H and O–H groups in total. The number of methoxy groups -OCH3 is 1. The Bertz CT molecular complexity index is 359. The Morgan fingerprint density at radius 3 is 2.87 bits per heavy atom. The first-order valence-electron chi connectivity index (χ1n) is 5.30. The van der Waals surface area contributed by atoms with E-state index in [1.54, 1.807) is 7.11 Å². The van der Waals surface area contributed by atoms with Crippen LogP contribution in [0.25, 0.3) is 0 Å². The molecular formula is C12H16ClNO. The number of benzene rings is 1. The zero-order chi connectivity index (χ0) is 10.8. The predicted octanol–water partition coefficient (Wildman–Crippen LogP) is 3.08. The van der Waals surface area contributed by atoms with E-state index < -0.39 is 0 Å². The fourth-order valence-electron chi connectivity index (χ4n) is 2.14. The van der Waals surface area contributed by atoms with Gasteiger partial charge in [0.05, 0.1) is 12.1 Å². The number of halogens is 1. The highest BCUT2D eigenvalue weighted by atomic mass is 35.5. The maximum atomic E-state index is 6.33. The molecule has 3 heteroatoms. The predicted molar refractivity (Wildman–Crippen MR) is 62.7 cm³/mol. The van der Waals surface area contributed by atoms with Gasteiger partial charge in [-0.05, 0) is 37.4 Å². The van der Waals surface area contributed by atoms with Crippen molar-refractivity contribution in [3.05, 3.63) is 28.3 Å². The van der Waals surface area contributed by atoms with Gasteiger partial charge in [0.1, 0.15) is 5.75 Å². The van der Waals surface area contributed by atoms with E-state index in [1.165, 1.54) is 6.42 Å². The zero-order valence-electron chi connectivity index (χ0n) is 9.14. The summed E-state index contributed by atoms with van der Waals surface area (Å²) in [5.41, 5.74) is 2.25. The first kappa shape index (κ1) is 10.8. The van der Waals surface area contributed by atoms with Crippen molar-refractivity contribution < 1.29 is 4.74 Å². The SMILES string of the molecule is COc1c(C)ccc(C2CCCN2)c1Cl. The summed E-state index contributed by atoms with van der Waals surface area (Å²) in [7, 11) is 1.67. The van der Waals surface area contributed by atoms with Crippen molar-refractivity contribution in [3.8, 4) is 5.75 Å². The van der Waals surface area contributed by atoms with Gasteiger partial charge in [0.15, 0.2) is 0 Å². The summed E-state index contributed by atoms with van der Waals surface area (Å²) in [5, 5.41) is 4.21. The van der Waals surface area contributed by atoms with Crippen LogP contribution < -0.4 is 10.1 Å². The lowest BCUT2D eigenvalue weighted by Gasteiger charge is -2.16. The molecule has 1 atom stereocenters. The Morgan fingerprint density at radius 1 is 1.47 bits per heavy atom. The standard InChI is InChI=1S/C12H16ClNO/c1-8-5-6-9(10-4-3-7-14-10)11(13)12(8)15-2/h5-6,10,14H,3-4,7H2,1-2H3. The van der Waals surface area contributed by atoms with Crippen LogP contribution in [0.15, 0.2) is 12.1 Å². The smallest absolute Gasteiger partial charge is 0.140 e. The molecule has 1 aliphatic heterocycles. The van der Waals surface area contributed by atoms with Crippen molar-refractivity contribution in [3.63, 3.8) is 0 Å². The summed E-state index contributed by atoms with van der Waals surface area (Å²) in [6.07, 6.45) is 2.38. The van der Waals surface area contributed by atoms with Crippen molar-refractivity contribution in [1.29, 1.82) is 0 Å². The Hall–Kier alpha value is -0.730. The molecule has 1 fully saturated rings. The summed E-state index contributed by atoms with van der Waals surface area (Å²) in [6.45, 7) is 3.09. The van der Waals surface area contributed by atoms with Gasteiger partial charge in [0, 0.05) is 6.04 Å². The van der Waals surface area contributed by atoms with Crippen LogP contribution in [0.5, 0.6) is 5.75 Å². The Kier molecular flexibility index (Phi) is 3.17. The molecule has 0 radical (unpaired) electrons. The molecule has 1 aromatic rings. The topological polar surface area (TPSA) is 21.3 Å². The maximum Gasteiger partial charge on any atom is 0.140 e. The van der Waals surface area contributed by atoms with E-state index in [0.717, 1.165) is 34.9 Å². The highest BCUT2D eigenvalue weighted by Gasteiger charge is 2.21. The molecule has 2 nitrogen and oxygen atoms in total. The zero-order valence-corrected chi connectivity index (χ0v) is 9.90. The third-order valence-electron chi connectivity index (χ3n) is 2.96. The van der Waals surface area contributed by atoms with Crippen LogP contribution in [0.4, 0.5) is 0 Å². The van der Waals surface area contributed by atoms with E-state index in [0.29, 0.717) is 6.04 Å². The molecule has 1 aromatic carbocycles. The van der Waals surface area contributed by atoms with Gasteiger partial charge in [-0.15, -0.1) is 0 Å². The van der Waals surface area contributed by atoms with E-state index in [2.05, 4.69) is 17.4 Å². The van der Waals surface area contributed by atoms with E-state index in [4.69, 9.17) is 16.3 Å². The fourth-order valence-corrected chi connectivity index (χ4v) is 2.56. The van der Waals surface area contributed by atoms with Crippen molar-refractivity contribution in [2.45, 2.75) is 25.8 Å². The molecule has 1 aliphatic rings. The Morgan fingerprint density at radius 2 is 2.27 bits per heavy atom. The van der Waals surface area contributed by atoms with Crippen molar-refractivity contribution >= 4 is 11.6 Å². The molecule has 0 amide bonds. The average molecular weight is 226 g/mol. The molecule has 0 spiro atoms. The monoisotopic (exact) mass is 225 g/mol. The molecular weight excluding hydrogens is 210 g/mol. The third kappa shape index (κ3) is 1.97. The van der Waals surface area contributed by atoms with E-state index in [-0.39, 0.29) is 0 Å². The second-order valence-electron chi connectivity index (χ2n) is 3.97. The average Bonchev–Trinajstić information content (AvgIpc) is 2.71. The number of hydrogen-bond donors (Lipinski definition) is 1. The van der Waals surface area contributed by atoms with Crippen LogP contribution in [0, 0.1) is 6.92 Å². The molecule has 0 aliphatic carbocycles. The van der Waals surface area contributed by atoms with E-state index in [1.807, 2.05) is 6.92 Å². The minimum absolute atomic E-state index is 0.395. The number of rotatable bonds is 2. The Labute approximate surface area is 95.6 Å². The van der Waals surface area contributed by atoms with Crippen LogP contribution >= 0.6 is 11.6 Å². The summed E-state index contributed by atoms with van der Waals surface area (Å²) >= 11 is 6.33. The molecule has 0 aromatic heterocycles. The van der Waals surface area contributed by atoms with Gasteiger partial charge in [0.2, 0.25) is 0 Å². The van der Waals surface area contributed by atoms with Gasteiger partial charge >= 0.3 is 0 Å². The number of aryl methyl sites for hydroxylation is 1. The maximum absolute atomic E-state index is 6.33. The summed E-state index contributed by atoms with van der Waals surface area (Å²) < 4.78 is 5.32. The second kappa shape index (κ2) is 4.42. The van der Waals surface area contributed by atoms with Gasteiger partial charge in [-0.25, -0.2) is 0 Å². The van der Waals surface area contributed by atoms with Gasteiger partial charge < -0.3 is 10.1 Å². The second-order valence-corrected chi connectivity index (χ2v) is 4.35. The van der Waals surface area contributed by atoms with Crippen LogP contribution in [0.2, 0.25) is 5.02 Å². The molecule has 1 saturated heterocycles. The van der Waals surface area contributed by atoms with Crippen LogP contribution in [0.3, 0.4) is 0 Å². The lowest BCUT2D eigenvalue weighted by molar-refractivity contribution is 0.410. The first-order chi connectivity index (χ1) is 7.24. The van der Waals surface area contributed by atoms with Crippen LogP contribution in [-0.4, -0.2) is 13.7 Å². The molecule has 0 saturated carbocycles. The number of nitrogens with one attached hydrogen (secondary N) is 1. The van der Waals surface area contributed by atoms with Crippen LogP contribution in [0.1, 0.15) is 30.0 Å². The van der Waals surface area contributed by atoms with E-state index in [9.17, 15) is 0 Å². The highest BCUT2D eigenvalue weighted by molar-refractivity contribution is 6.33. The molecule has 82 valence electrons. The highest BCUT2D eigenvalue weighted by Crippen LogP contribution is 2.37. The normalized spacial score (nSPS) is 20.6. The Balaban J connectivity index is 2.39. The van der Waals surface area contributed by atoms with Gasteiger partial charge in [0.25, 0.3) is 0 Å². The van der Waals surface area contributed by atoms with E-state index >= 15 is 0 Å². The summed E-state index contributed by atoms with van der Waals surface area (Å²) in [6, 6.07) is 4.57. The minimum atomic E-state index is 0.395. The molecule has 15 heavy (non-hydrogen) atoms. The van der Waals surface area contributed by atoms with Crippen molar-refractivity contribution in [2.75, 3.05) is 13.7 Å². The third-order valence-corrected chi connectivity index (χ3v) is 3.35. The lowest BCUT2D eigenvalue weighted by Crippen LogP contribution is -2.13. The quantitative estimate of drug-likeness (QED) is 0.835. The van der Waals surface area contributed by atoms with Gasteiger partial charge in [-0.3, -0.25) is 0 Å². The van der Waals surface area contributed by atoms with Crippen molar-refractivity contribution in [1.82, 2.24) is 5.32 Å². The van der Waals surface area contributed by atoms with Crippen LogP contribution in [-0.2, 0) is 0 Å². The molecule has 1 unspecified atom stereocenters. The fraction of sp³-hybridized carbons (Fsp3) is 0.500. The van der Waals surface area contributed by atoms with Crippen molar-refractivity contribution in [2.24, 2.45) is 0 Å². The van der Waals surface area contributed by atoms with Gasteiger partial charge in [-0.1, -0.05) is 23.7 Å².